The van der Waals surface area contributed by atoms with Crippen LogP contribution in [-0.4, -0.2) is 0 Å². The van der Waals surface area contributed by atoms with Crippen molar-refractivity contribution in [3.63, 3.8) is 0 Å². The summed E-state index contributed by atoms with van der Waals surface area (Å²) >= 11 is 0. The third-order valence-electron chi connectivity index (χ3n) is 3.09. The Bertz CT molecular complexity index is 507. The lowest BCUT2D eigenvalue weighted by atomic mass is 9.87. The smallest absolute Gasteiger partial charge is 0.201 e. The van der Waals surface area contributed by atoms with E-state index in [9.17, 15) is 0 Å². The molecule has 0 fully saturated rings. The minimum Gasteiger partial charge on any atom is -0.201 e. The second-order valence-electron chi connectivity index (χ2n) is 5.53. The maximum atomic E-state index is 2.29. The molecule has 0 saturated heterocycles. The molecule has 1 aromatic heterocycles. The molecule has 0 atom stereocenters. The number of benzene rings is 1. The minimum absolute atomic E-state index is 0.192. The Labute approximate surface area is 104 Å². The summed E-state index contributed by atoms with van der Waals surface area (Å²) in [5.41, 5.74) is 4.09. The highest BCUT2D eigenvalue weighted by Gasteiger charge is 2.18. The van der Waals surface area contributed by atoms with Gasteiger partial charge in [0.2, 0.25) is 5.69 Å². The first-order chi connectivity index (χ1) is 7.98. The normalized spacial score (nSPS) is 11.5. The summed E-state index contributed by atoms with van der Waals surface area (Å²) in [5.74, 6) is 0. The SMILES string of the molecule is C[n+]1ccc(C(C)(C)C)cc1-c1ccccc1. The Morgan fingerprint density at radius 2 is 1.59 bits per heavy atom. The topological polar surface area (TPSA) is 3.88 Å². The van der Waals surface area contributed by atoms with Crippen molar-refractivity contribution in [3.05, 3.63) is 54.2 Å². The molecule has 0 aliphatic carbocycles. The lowest BCUT2D eigenvalue weighted by Crippen LogP contribution is -2.31. The summed E-state index contributed by atoms with van der Waals surface area (Å²) in [6, 6.07) is 15.0. The van der Waals surface area contributed by atoms with Gasteiger partial charge in [-0.2, -0.15) is 0 Å². The fourth-order valence-electron chi connectivity index (χ4n) is 1.93. The van der Waals surface area contributed by atoms with Gasteiger partial charge >= 0.3 is 0 Å². The minimum atomic E-state index is 0.192. The number of aryl methyl sites for hydroxylation is 1. The van der Waals surface area contributed by atoms with Gasteiger partial charge in [-0.15, -0.1) is 0 Å². The van der Waals surface area contributed by atoms with Crippen LogP contribution in [0.1, 0.15) is 26.3 Å². The number of pyridine rings is 1. The third-order valence-corrected chi connectivity index (χ3v) is 3.09. The van der Waals surface area contributed by atoms with E-state index in [0.717, 1.165) is 0 Å². The molecule has 0 saturated carbocycles. The van der Waals surface area contributed by atoms with Gasteiger partial charge in [0.25, 0.3) is 0 Å². The van der Waals surface area contributed by atoms with Crippen LogP contribution in [-0.2, 0) is 12.5 Å². The molecule has 1 heteroatoms. The van der Waals surface area contributed by atoms with Crippen molar-refractivity contribution in [1.29, 1.82) is 0 Å². The summed E-state index contributed by atoms with van der Waals surface area (Å²) in [6.07, 6.45) is 2.14. The summed E-state index contributed by atoms with van der Waals surface area (Å²) in [6.45, 7) is 6.74. The Morgan fingerprint density at radius 1 is 0.941 bits per heavy atom. The second kappa shape index (κ2) is 4.33. The van der Waals surface area contributed by atoms with Gasteiger partial charge in [-0.25, -0.2) is 4.57 Å². The van der Waals surface area contributed by atoms with E-state index in [4.69, 9.17) is 0 Å². The molecular formula is C16H20N+. The molecule has 0 radical (unpaired) electrons. The van der Waals surface area contributed by atoms with Crippen LogP contribution in [0.15, 0.2) is 48.7 Å². The standard InChI is InChI=1S/C16H20N/c1-16(2,3)14-10-11-17(4)15(12-14)13-8-6-5-7-9-13/h5-12H,1-4H3/q+1. The van der Waals surface area contributed by atoms with Crippen LogP contribution in [0, 0.1) is 0 Å². The van der Waals surface area contributed by atoms with E-state index in [1.165, 1.54) is 16.8 Å². The van der Waals surface area contributed by atoms with E-state index in [1.807, 2.05) is 0 Å². The fourth-order valence-corrected chi connectivity index (χ4v) is 1.93. The van der Waals surface area contributed by atoms with Crippen LogP contribution in [0.4, 0.5) is 0 Å². The van der Waals surface area contributed by atoms with Crippen LogP contribution in [0.2, 0.25) is 0 Å². The molecular weight excluding hydrogens is 206 g/mol. The molecule has 2 rings (SSSR count). The number of nitrogens with zero attached hydrogens (tertiary/aromatic N) is 1. The highest BCUT2D eigenvalue weighted by atomic mass is 14.9. The molecule has 1 aromatic carbocycles. The summed E-state index contributed by atoms with van der Waals surface area (Å²) in [4.78, 5) is 0. The van der Waals surface area contributed by atoms with Gasteiger partial charge in [0.1, 0.15) is 7.05 Å². The van der Waals surface area contributed by atoms with Crippen molar-refractivity contribution >= 4 is 0 Å². The van der Waals surface area contributed by atoms with Crippen molar-refractivity contribution in [2.45, 2.75) is 26.2 Å². The van der Waals surface area contributed by atoms with Gasteiger partial charge in [-0.05, 0) is 23.1 Å². The van der Waals surface area contributed by atoms with Crippen LogP contribution >= 0.6 is 0 Å². The lowest BCUT2D eigenvalue weighted by molar-refractivity contribution is -0.660. The zero-order valence-electron chi connectivity index (χ0n) is 11.1. The van der Waals surface area contributed by atoms with Crippen LogP contribution in [0.3, 0.4) is 0 Å². The molecule has 88 valence electrons. The first-order valence-corrected chi connectivity index (χ1v) is 6.04. The van der Waals surface area contributed by atoms with Crippen molar-refractivity contribution < 1.29 is 4.57 Å². The lowest BCUT2D eigenvalue weighted by Gasteiger charge is -2.18. The Hall–Kier alpha value is -1.63. The van der Waals surface area contributed by atoms with E-state index in [2.05, 4.69) is 81.0 Å². The maximum absolute atomic E-state index is 2.29. The average Bonchev–Trinajstić information content (AvgIpc) is 2.29. The first-order valence-electron chi connectivity index (χ1n) is 6.04. The zero-order valence-corrected chi connectivity index (χ0v) is 11.1. The summed E-state index contributed by atoms with van der Waals surface area (Å²) in [7, 11) is 2.09. The van der Waals surface area contributed by atoms with E-state index in [1.54, 1.807) is 0 Å². The number of hydrogen-bond acceptors (Lipinski definition) is 0. The van der Waals surface area contributed by atoms with E-state index in [-0.39, 0.29) is 5.41 Å². The number of hydrogen-bond donors (Lipinski definition) is 0. The van der Waals surface area contributed by atoms with Crippen molar-refractivity contribution in [3.8, 4) is 11.3 Å². The van der Waals surface area contributed by atoms with Gasteiger partial charge in [0.05, 0.1) is 0 Å². The Balaban J connectivity index is 2.55. The second-order valence-corrected chi connectivity index (χ2v) is 5.53. The molecule has 1 heterocycles. The predicted molar refractivity (Wildman–Crippen MR) is 71.8 cm³/mol. The van der Waals surface area contributed by atoms with E-state index >= 15 is 0 Å². The highest BCUT2D eigenvalue weighted by molar-refractivity contribution is 5.56. The van der Waals surface area contributed by atoms with Crippen LogP contribution in [0.5, 0.6) is 0 Å². The molecule has 0 spiro atoms. The monoisotopic (exact) mass is 226 g/mol. The number of aromatic nitrogens is 1. The molecule has 0 amide bonds. The van der Waals surface area contributed by atoms with Gasteiger partial charge < -0.3 is 0 Å². The molecule has 1 nitrogen and oxygen atoms in total. The van der Waals surface area contributed by atoms with E-state index < -0.39 is 0 Å². The first kappa shape index (κ1) is 11.8. The van der Waals surface area contributed by atoms with Gasteiger partial charge in [-0.3, -0.25) is 0 Å². The summed E-state index contributed by atoms with van der Waals surface area (Å²) in [5, 5.41) is 0. The molecule has 0 N–H and O–H groups in total. The Morgan fingerprint density at radius 3 is 2.18 bits per heavy atom. The van der Waals surface area contributed by atoms with Crippen LogP contribution in [0.25, 0.3) is 11.3 Å². The van der Waals surface area contributed by atoms with E-state index in [0.29, 0.717) is 0 Å². The molecule has 17 heavy (non-hydrogen) atoms. The van der Waals surface area contributed by atoms with Gasteiger partial charge in [0, 0.05) is 17.7 Å². The van der Waals surface area contributed by atoms with Crippen LogP contribution < -0.4 is 4.57 Å². The van der Waals surface area contributed by atoms with Crippen molar-refractivity contribution in [2.24, 2.45) is 7.05 Å². The van der Waals surface area contributed by atoms with Gasteiger partial charge in [0.15, 0.2) is 6.20 Å². The van der Waals surface area contributed by atoms with Gasteiger partial charge in [-0.1, -0.05) is 39.0 Å². The quantitative estimate of drug-likeness (QED) is 0.655. The highest BCUT2D eigenvalue weighted by Crippen LogP contribution is 2.24. The van der Waals surface area contributed by atoms with Crippen molar-refractivity contribution in [2.75, 3.05) is 0 Å². The summed E-state index contributed by atoms with van der Waals surface area (Å²) < 4.78 is 2.17. The molecule has 0 aliphatic rings. The molecule has 0 unspecified atom stereocenters. The number of rotatable bonds is 1. The molecule has 2 aromatic rings. The zero-order chi connectivity index (χ0) is 12.5. The Kier molecular flexibility index (Phi) is 3.01. The molecule has 0 bridgehead atoms. The predicted octanol–water partition coefficient (Wildman–Crippen LogP) is 3.48. The maximum Gasteiger partial charge on any atom is 0.212 e. The van der Waals surface area contributed by atoms with Crippen molar-refractivity contribution in [1.82, 2.24) is 0 Å². The third kappa shape index (κ3) is 2.55. The largest absolute Gasteiger partial charge is 0.212 e. The average molecular weight is 226 g/mol. The fraction of sp³-hybridized carbons (Fsp3) is 0.312. The molecule has 0 aliphatic heterocycles.